The fraction of sp³-hybridized carbons (Fsp3) is 0.389. The predicted octanol–water partition coefficient (Wildman–Crippen LogP) is 4.83. The van der Waals surface area contributed by atoms with Crippen molar-refractivity contribution in [1.82, 2.24) is 0 Å². The zero-order chi connectivity index (χ0) is 14.0. The van der Waals surface area contributed by atoms with Gasteiger partial charge in [0.25, 0.3) is 0 Å². The van der Waals surface area contributed by atoms with Crippen LogP contribution in [0.25, 0.3) is 0 Å². The molecule has 1 nitrogen and oxygen atoms in total. The topological polar surface area (TPSA) is 17.1 Å². The van der Waals surface area contributed by atoms with E-state index >= 15 is 0 Å². The molecule has 19 heavy (non-hydrogen) atoms. The molecule has 1 aromatic rings. The van der Waals surface area contributed by atoms with Gasteiger partial charge in [0.05, 0.1) is 0 Å². The normalized spacial score (nSPS) is 15.2. The third kappa shape index (κ3) is 3.04. The number of rotatable bonds is 3. The van der Waals surface area contributed by atoms with Crippen molar-refractivity contribution < 1.29 is 4.79 Å². The zero-order valence-electron chi connectivity index (χ0n) is 12.3. The second-order valence-electron chi connectivity index (χ2n) is 6.29. The lowest BCUT2D eigenvalue weighted by Gasteiger charge is -2.22. The number of allylic oxidation sites excluding steroid dienone is 4. The van der Waals surface area contributed by atoms with Gasteiger partial charge in [-0.3, -0.25) is 4.79 Å². The minimum Gasteiger partial charge on any atom is -0.294 e. The smallest absolute Gasteiger partial charge is 0.167 e. The van der Waals surface area contributed by atoms with Gasteiger partial charge in [0, 0.05) is 12.0 Å². The highest BCUT2D eigenvalue weighted by Gasteiger charge is 2.22. The van der Waals surface area contributed by atoms with Crippen LogP contribution in [0.15, 0.2) is 47.6 Å². The van der Waals surface area contributed by atoms with Crippen molar-refractivity contribution in [3.8, 4) is 0 Å². The molecule has 100 valence electrons. The summed E-state index contributed by atoms with van der Waals surface area (Å²) in [5, 5.41) is 0. The molecule has 0 aliphatic heterocycles. The molecule has 0 spiro atoms. The zero-order valence-corrected chi connectivity index (χ0v) is 12.3. The molecular weight excluding hydrogens is 232 g/mol. The molecule has 1 aromatic carbocycles. The lowest BCUT2D eigenvalue weighted by atomic mass is 9.82. The van der Waals surface area contributed by atoms with Gasteiger partial charge >= 0.3 is 0 Å². The van der Waals surface area contributed by atoms with Crippen LogP contribution in [-0.4, -0.2) is 5.78 Å². The van der Waals surface area contributed by atoms with Crippen molar-refractivity contribution in [1.29, 1.82) is 0 Å². The van der Waals surface area contributed by atoms with E-state index in [1.165, 1.54) is 11.1 Å². The van der Waals surface area contributed by atoms with Gasteiger partial charge in [-0.1, -0.05) is 68.3 Å². The van der Waals surface area contributed by atoms with Crippen LogP contribution < -0.4 is 0 Å². The standard InChI is InChI=1S/C18H22O/c1-13-8-7-9-14(13)12-17(19)15-10-5-6-11-16(15)18(2,3)4/h5-8,10-11H,9,12H2,1-4H3. The van der Waals surface area contributed by atoms with Crippen molar-refractivity contribution in [3.05, 3.63) is 58.7 Å². The second kappa shape index (κ2) is 5.16. The summed E-state index contributed by atoms with van der Waals surface area (Å²) in [6, 6.07) is 8.00. The van der Waals surface area contributed by atoms with E-state index in [2.05, 4.69) is 45.9 Å². The number of hydrogen-bond donors (Lipinski definition) is 0. The van der Waals surface area contributed by atoms with Crippen molar-refractivity contribution >= 4 is 5.78 Å². The summed E-state index contributed by atoms with van der Waals surface area (Å²) in [5.41, 5.74) is 4.53. The third-order valence-electron chi connectivity index (χ3n) is 3.70. The molecule has 0 N–H and O–H groups in total. The molecule has 1 heteroatoms. The first kappa shape index (κ1) is 13.8. The summed E-state index contributed by atoms with van der Waals surface area (Å²) in [6.45, 7) is 8.55. The first-order chi connectivity index (χ1) is 8.89. The first-order valence-corrected chi connectivity index (χ1v) is 6.87. The SMILES string of the molecule is CC1=C(CC(=O)c2ccccc2C(C)(C)C)CC=C1. The van der Waals surface area contributed by atoms with Gasteiger partial charge < -0.3 is 0 Å². The fourth-order valence-electron chi connectivity index (χ4n) is 2.54. The van der Waals surface area contributed by atoms with Crippen LogP contribution in [0.1, 0.15) is 56.5 Å². The Morgan fingerprint density at radius 1 is 1.21 bits per heavy atom. The molecule has 0 saturated carbocycles. The van der Waals surface area contributed by atoms with E-state index in [0.29, 0.717) is 6.42 Å². The monoisotopic (exact) mass is 254 g/mol. The highest BCUT2D eigenvalue weighted by molar-refractivity contribution is 5.99. The van der Waals surface area contributed by atoms with E-state index in [1.807, 2.05) is 18.2 Å². The summed E-state index contributed by atoms with van der Waals surface area (Å²) in [7, 11) is 0. The lowest BCUT2D eigenvalue weighted by Crippen LogP contribution is -2.17. The summed E-state index contributed by atoms with van der Waals surface area (Å²) >= 11 is 0. The van der Waals surface area contributed by atoms with Gasteiger partial charge in [-0.05, 0) is 24.3 Å². The Morgan fingerprint density at radius 2 is 1.89 bits per heavy atom. The summed E-state index contributed by atoms with van der Waals surface area (Å²) in [4.78, 5) is 12.6. The van der Waals surface area contributed by atoms with Gasteiger partial charge in [-0.2, -0.15) is 0 Å². The second-order valence-corrected chi connectivity index (χ2v) is 6.29. The van der Waals surface area contributed by atoms with Crippen LogP contribution in [0.5, 0.6) is 0 Å². The van der Waals surface area contributed by atoms with Gasteiger partial charge in [-0.25, -0.2) is 0 Å². The number of ketones is 1. The van der Waals surface area contributed by atoms with Crippen LogP contribution in [0.3, 0.4) is 0 Å². The van der Waals surface area contributed by atoms with Crippen LogP contribution >= 0.6 is 0 Å². The number of Topliss-reactive ketones (excluding diaryl/α,β-unsaturated/α-hetero) is 1. The summed E-state index contributed by atoms with van der Waals surface area (Å²) in [6.07, 6.45) is 5.72. The fourth-order valence-corrected chi connectivity index (χ4v) is 2.54. The molecule has 0 amide bonds. The Hall–Kier alpha value is -1.63. The number of hydrogen-bond acceptors (Lipinski definition) is 1. The van der Waals surface area contributed by atoms with E-state index in [4.69, 9.17) is 0 Å². The average Bonchev–Trinajstić information content (AvgIpc) is 2.74. The van der Waals surface area contributed by atoms with E-state index in [1.54, 1.807) is 0 Å². The van der Waals surface area contributed by atoms with Crippen molar-refractivity contribution in [2.24, 2.45) is 0 Å². The van der Waals surface area contributed by atoms with Crippen molar-refractivity contribution in [2.45, 2.75) is 46.0 Å². The first-order valence-electron chi connectivity index (χ1n) is 6.87. The van der Waals surface area contributed by atoms with Gasteiger partial charge in [0.2, 0.25) is 0 Å². The van der Waals surface area contributed by atoms with Crippen molar-refractivity contribution in [2.75, 3.05) is 0 Å². The Morgan fingerprint density at radius 3 is 2.47 bits per heavy atom. The van der Waals surface area contributed by atoms with E-state index < -0.39 is 0 Å². The lowest BCUT2D eigenvalue weighted by molar-refractivity contribution is 0.0990. The van der Waals surface area contributed by atoms with Crippen LogP contribution in [0.2, 0.25) is 0 Å². The van der Waals surface area contributed by atoms with Crippen LogP contribution in [0.4, 0.5) is 0 Å². The molecule has 1 aliphatic carbocycles. The molecule has 0 saturated heterocycles. The molecule has 0 bridgehead atoms. The molecule has 0 atom stereocenters. The molecule has 0 unspecified atom stereocenters. The highest BCUT2D eigenvalue weighted by Crippen LogP contribution is 2.29. The summed E-state index contributed by atoms with van der Waals surface area (Å²) < 4.78 is 0. The molecule has 0 radical (unpaired) electrons. The Balaban J connectivity index is 2.28. The number of benzene rings is 1. The Bertz CT molecular complexity index is 553. The predicted molar refractivity (Wildman–Crippen MR) is 80.5 cm³/mol. The Labute approximate surface area is 116 Å². The maximum Gasteiger partial charge on any atom is 0.167 e. The van der Waals surface area contributed by atoms with E-state index in [-0.39, 0.29) is 11.2 Å². The Kier molecular flexibility index (Phi) is 3.75. The minimum absolute atomic E-state index is 0.00358. The van der Waals surface area contributed by atoms with Crippen LogP contribution in [-0.2, 0) is 5.41 Å². The molecule has 1 aliphatic rings. The van der Waals surface area contributed by atoms with Crippen LogP contribution in [0, 0.1) is 0 Å². The molecule has 0 aromatic heterocycles. The van der Waals surface area contributed by atoms with Gasteiger partial charge in [-0.15, -0.1) is 0 Å². The molecule has 2 rings (SSSR count). The summed E-state index contributed by atoms with van der Waals surface area (Å²) in [5.74, 6) is 0.239. The number of carbonyl (C=O) groups excluding carboxylic acids is 1. The molecule has 0 heterocycles. The largest absolute Gasteiger partial charge is 0.294 e. The van der Waals surface area contributed by atoms with E-state index in [9.17, 15) is 4.79 Å². The van der Waals surface area contributed by atoms with E-state index in [0.717, 1.165) is 17.5 Å². The third-order valence-corrected chi connectivity index (χ3v) is 3.70. The number of carbonyl (C=O) groups is 1. The quantitative estimate of drug-likeness (QED) is 0.706. The minimum atomic E-state index is 0.00358. The average molecular weight is 254 g/mol. The maximum absolute atomic E-state index is 12.6. The van der Waals surface area contributed by atoms with Crippen molar-refractivity contribution in [3.63, 3.8) is 0 Å². The van der Waals surface area contributed by atoms with Gasteiger partial charge in [0.1, 0.15) is 0 Å². The van der Waals surface area contributed by atoms with Gasteiger partial charge in [0.15, 0.2) is 5.78 Å². The highest BCUT2D eigenvalue weighted by atomic mass is 16.1. The molecule has 0 fully saturated rings. The molecular formula is C18H22O. The maximum atomic E-state index is 12.6.